The van der Waals surface area contributed by atoms with Gasteiger partial charge in [-0.15, -0.1) is 35.3 Å². The Kier molecular flexibility index (Phi) is 11.7. The van der Waals surface area contributed by atoms with E-state index in [1.807, 2.05) is 12.1 Å². The first-order valence-electron chi connectivity index (χ1n) is 11.0. The molecule has 1 aromatic carbocycles. The number of hydrogen-bond donors (Lipinski definition) is 2. The lowest BCUT2D eigenvalue weighted by Crippen LogP contribution is -2.42. The number of benzene rings is 1. The summed E-state index contributed by atoms with van der Waals surface area (Å²) in [6.07, 6.45) is 0.898. The second-order valence-corrected chi connectivity index (χ2v) is 8.87. The molecule has 1 saturated heterocycles. The highest BCUT2D eigenvalue weighted by Gasteiger charge is 2.22. The van der Waals surface area contributed by atoms with Gasteiger partial charge in [-0.1, -0.05) is 12.1 Å². The first-order chi connectivity index (χ1) is 15.1. The number of rotatable bonds is 9. The molecule has 178 valence electrons. The van der Waals surface area contributed by atoms with Crippen molar-refractivity contribution < 1.29 is 9.47 Å². The van der Waals surface area contributed by atoms with Gasteiger partial charge >= 0.3 is 0 Å². The molecule has 0 aliphatic carbocycles. The average Bonchev–Trinajstić information content (AvgIpc) is 3.12. The van der Waals surface area contributed by atoms with Gasteiger partial charge in [0.25, 0.3) is 0 Å². The Balaban J connectivity index is 0.00000363. The van der Waals surface area contributed by atoms with Crippen LogP contribution in [-0.4, -0.2) is 68.9 Å². The standard InChI is InChI=1S/C23H35N5O2S.HI/c1-5-24-23(25-11-10-22-27-17(2)18(3)31-22)26-16-21(28-12-14-30-15-13-28)19-6-8-20(29-4)9-7-19;/h6-9,21H,5,10-16H2,1-4H3,(H2,24,25,26);1H. The fraction of sp³-hybridized carbons (Fsp3) is 0.565. The van der Waals surface area contributed by atoms with Crippen LogP contribution in [0.5, 0.6) is 5.75 Å². The van der Waals surface area contributed by atoms with Crippen LogP contribution < -0.4 is 15.4 Å². The van der Waals surface area contributed by atoms with Gasteiger partial charge in [-0.05, 0) is 38.5 Å². The Labute approximate surface area is 213 Å². The molecule has 0 amide bonds. The number of thiazole rings is 1. The third kappa shape index (κ3) is 7.86. The molecule has 0 radical (unpaired) electrons. The molecule has 2 N–H and O–H groups in total. The van der Waals surface area contributed by atoms with Gasteiger partial charge in [0.05, 0.1) is 43.6 Å². The monoisotopic (exact) mass is 573 g/mol. The van der Waals surface area contributed by atoms with Crippen LogP contribution in [0.4, 0.5) is 0 Å². The Morgan fingerprint density at radius 2 is 1.94 bits per heavy atom. The number of aliphatic imine (C=N–C) groups is 1. The number of nitrogens with zero attached hydrogens (tertiary/aromatic N) is 3. The Hall–Kier alpha value is -1.43. The first-order valence-corrected chi connectivity index (χ1v) is 11.8. The van der Waals surface area contributed by atoms with Gasteiger partial charge in [-0.3, -0.25) is 9.89 Å². The summed E-state index contributed by atoms with van der Waals surface area (Å²) < 4.78 is 10.9. The van der Waals surface area contributed by atoms with E-state index in [-0.39, 0.29) is 30.0 Å². The highest BCUT2D eigenvalue weighted by Crippen LogP contribution is 2.24. The topological polar surface area (TPSA) is 71.0 Å². The number of hydrogen-bond acceptors (Lipinski definition) is 6. The van der Waals surface area contributed by atoms with E-state index in [1.54, 1.807) is 18.4 Å². The zero-order valence-electron chi connectivity index (χ0n) is 19.5. The maximum absolute atomic E-state index is 5.56. The summed E-state index contributed by atoms with van der Waals surface area (Å²) in [5, 5.41) is 8.01. The van der Waals surface area contributed by atoms with Crippen LogP contribution in [0.1, 0.15) is 34.1 Å². The van der Waals surface area contributed by atoms with E-state index in [2.05, 4.69) is 53.4 Å². The van der Waals surface area contributed by atoms with Crippen LogP contribution in [-0.2, 0) is 11.2 Å². The number of ether oxygens (including phenoxy) is 2. The SMILES string of the molecule is CCNC(=NCC(c1ccc(OC)cc1)N1CCOCC1)NCCc1nc(C)c(C)s1.I. The van der Waals surface area contributed by atoms with Gasteiger partial charge < -0.3 is 20.1 Å². The molecule has 1 fully saturated rings. The molecule has 1 aromatic heterocycles. The summed E-state index contributed by atoms with van der Waals surface area (Å²) in [4.78, 5) is 13.3. The summed E-state index contributed by atoms with van der Waals surface area (Å²) in [5.74, 6) is 1.72. The van der Waals surface area contributed by atoms with Gasteiger partial charge in [0.15, 0.2) is 5.96 Å². The van der Waals surface area contributed by atoms with E-state index in [1.165, 1.54) is 15.4 Å². The number of nitrogens with one attached hydrogen (secondary N) is 2. The number of methoxy groups -OCH3 is 1. The minimum atomic E-state index is 0. The lowest BCUT2D eigenvalue weighted by Gasteiger charge is -2.34. The molecule has 9 heteroatoms. The van der Waals surface area contributed by atoms with Crippen molar-refractivity contribution in [2.24, 2.45) is 4.99 Å². The summed E-state index contributed by atoms with van der Waals surface area (Å²) >= 11 is 1.78. The molecule has 32 heavy (non-hydrogen) atoms. The summed E-state index contributed by atoms with van der Waals surface area (Å²) in [6, 6.07) is 8.53. The maximum Gasteiger partial charge on any atom is 0.191 e. The number of halogens is 1. The van der Waals surface area contributed by atoms with E-state index in [4.69, 9.17) is 14.5 Å². The number of aryl methyl sites for hydroxylation is 2. The molecule has 2 aromatic rings. The zero-order valence-corrected chi connectivity index (χ0v) is 22.7. The maximum atomic E-state index is 5.56. The van der Waals surface area contributed by atoms with E-state index in [0.717, 1.165) is 63.2 Å². The summed E-state index contributed by atoms with van der Waals surface area (Å²) in [6.45, 7) is 12.0. The Morgan fingerprint density at radius 3 is 2.53 bits per heavy atom. The molecular weight excluding hydrogens is 537 g/mol. The second kappa shape index (κ2) is 14.0. The normalized spacial score (nSPS) is 15.7. The number of guanidine groups is 1. The molecular formula is C23H36IN5O2S. The van der Waals surface area contributed by atoms with Crippen LogP contribution >= 0.6 is 35.3 Å². The predicted molar refractivity (Wildman–Crippen MR) is 143 cm³/mol. The average molecular weight is 574 g/mol. The smallest absolute Gasteiger partial charge is 0.191 e. The summed E-state index contributed by atoms with van der Waals surface area (Å²) in [5.41, 5.74) is 2.38. The van der Waals surface area contributed by atoms with Gasteiger partial charge in [-0.2, -0.15) is 0 Å². The molecule has 7 nitrogen and oxygen atoms in total. The van der Waals surface area contributed by atoms with Gasteiger partial charge in [-0.25, -0.2) is 4.98 Å². The largest absolute Gasteiger partial charge is 0.497 e. The molecule has 1 aliphatic rings. The van der Waals surface area contributed by atoms with Crippen molar-refractivity contribution in [2.45, 2.75) is 33.2 Å². The first kappa shape index (κ1) is 26.8. The minimum absolute atomic E-state index is 0. The molecule has 1 unspecified atom stereocenters. The van der Waals surface area contributed by atoms with Crippen molar-refractivity contribution in [1.29, 1.82) is 0 Å². The molecule has 1 aliphatic heterocycles. The van der Waals surface area contributed by atoms with Crippen molar-refractivity contribution in [3.05, 3.63) is 45.4 Å². The summed E-state index contributed by atoms with van der Waals surface area (Å²) in [7, 11) is 1.70. The predicted octanol–water partition coefficient (Wildman–Crippen LogP) is 3.56. The lowest BCUT2D eigenvalue weighted by molar-refractivity contribution is 0.0179. The molecule has 0 saturated carbocycles. The van der Waals surface area contributed by atoms with Crippen molar-refractivity contribution in [2.75, 3.05) is 53.0 Å². The van der Waals surface area contributed by atoms with Gasteiger partial charge in [0.1, 0.15) is 5.75 Å². The Morgan fingerprint density at radius 1 is 1.22 bits per heavy atom. The van der Waals surface area contributed by atoms with E-state index < -0.39 is 0 Å². The molecule has 1 atom stereocenters. The Bertz CT molecular complexity index is 818. The van der Waals surface area contributed by atoms with E-state index in [0.29, 0.717) is 6.54 Å². The fourth-order valence-electron chi connectivity index (χ4n) is 3.60. The van der Waals surface area contributed by atoms with Crippen LogP contribution in [0.25, 0.3) is 0 Å². The quantitative estimate of drug-likeness (QED) is 0.272. The van der Waals surface area contributed by atoms with Gasteiger partial charge in [0, 0.05) is 37.5 Å². The molecule has 3 rings (SSSR count). The van der Waals surface area contributed by atoms with E-state index >= 15 is 0 Å². The number of aromatic nitrogens is 1. The third-order valence-corrected chi connectivity index (χ3v) is 6.59. The van der Waals surface area contributed by atoms with Gasteiger partial charge in [0.2, 0.25) is 0 Å². The third-order valence-electron chi connectivity index (χ3n) is 5.46. The van der Waals surface area contributed by atoms with Crippen molar-refractivity contribution >= 4 is 41.3 Å². The van der Waals surface area contributed by atoms with Crippen molar-refractivity contribution in [1.82, 2.24) is 20.5 Å². The molecule has 0 bridgehead atoms. The molecule has 2 heterocycles. The van der Waals surface area contributed by atoms with Crippen molar-refractivity contribution in [3.63, 3.8) is 0 Å². The minimum Gasteiger partial charge on any atom is -0.497 e. The molecule has 0 spiro atoms. The van der Waals surface area contributed by atoms with Crippen LogP contribution in [0.15, 0.2) is 29.3 Å². The van der Waals surface area contributed by atoms with Crippen LogP contribution in [0.2, 0.25) is 0 Å². The number of morpholine rings is 1. The van der Waals surface area contributed by atoms with Crippen LogP contribution in [0, 0.1) is 13.8 Å². The lowest BCUT2D eigenvalue weighted by atomic mass is 10.0. The van der Waals surface area contributed by atoms with Crippen LogP contribution in [0.3, 0.4) is 0 Å². The fourth-order valence-corrected chi connectivity index (χ4v) is 4.53. The highest BCUT2D eigenvalue weighted by atomic mass is 127. The second-order valence-electron chi connectivity index (χ2n) is 7.58. The zero-order chi connectivity index (χ0) is 22.1. The van der Waals surface area contributed by atoms with Crippen molar-refractivity contribution in [3.8, 4) is 5.75 Å². The van der Waals surface area contributed by atoms with E-state index in [9.17, 15) is 0 Å². The highest BCUT2D eigenvalue weighted by molar-refractivity contribution is 14.0.